The van der Waals surface area contributed by atoms with Crippen molar-refractivity contribution in [2.24, 2.45) is 0 Å². The maximum Gasteiger partial charge on any atom is 0.119 e. The molecule has 15 heavy (non-hydrogen) atoms. The lowest BCUT2D eigenvalue weighted by Gasteiger charge is -2.28. The van der Waals surface area contributed by atoms with Gasteiger partial charge in [0.05, 0.1) is 0 Å². The summed E-state index contributed by atoms with van der Waals surface area (Å²) in [5.74, 6) is 0.437. The lowest BCUT2D eigenvalue weighted by Crippen LogP contribution is -2.19. The number of phenols is 1. The van der Waals surface area contributed by atoms with Crippen molar-refractivity contribution in [3.63, 3.8) is 0 Å². The number of benzene rings is 1. The van der Waals surface area contributed by atoms with Crippen LogP contribution in [-0.4, -0.2) is 5.11 Å². The number of hydrogen-bond donors (Lipinski definition) is 1. The Morgan fingerprint density at radius 2 is 2.00 bits per heavy atom. The quantitative estimate of drug-likeness (QED) is 0.688. The molecule has 1 aliphatic rings. The van der Waals surface area contributed by atoms with Crippen LogP contribution < -0.4 is 0 Å². The molecule has 1 aromatic carbocycles. The Labute approximate surface area is 91.4 Å². The zero-order valence-corrected chi connectivity index (χ0v) is 9.67. The normalized spacial score (nSPS) is 25.4. The van der Waals surface area contributed by atoms with E-state index in [4.69, 9.17) is 0 Å². The first kappa shape index (κ1) is 10.3. The highest BCUT2D eigenvalue weighted by Crippen LogP contribution is 2.44. The van der Waals surface area contributed by atoms with E-state index in [1.54, 1.807) is 0 Å². The van der Waals surface area contributed by atoms with Crippen LogP contribution in [0.4, 0.5) is 0 Å². The lowest BCUT2D eigenvalue weighted by molar-refractivity contribution is 0.441. The molecular formula is C14H18O. The van der Waals surface area contributed by atoms with Gasteiger partial charge in [0.1, 0.15) is 5.75 Å². The van der Waals surface area contributed by atoms with E-state index in [-0.39, 0.29) is 5.41 Å². The van der Waals surface area contributed by atoms with E-state index >= 15 is 0 Å². The third kappa shape index (κ3) is 1.56. The first-order valence-corrected chi connectivity index (χ1v) is 5.51. The van der Waals surface area contributed by atoms with Gasteiger partial charge in [0.25, 0.3) is 0 Å². The maximum atomic E-state index is 10.0. The zero-order chi connectivity index (χ0) is 11.1. The van der Waals surface area contributed by atoms with Gasteiger partial charge in [-0.1, -0.05) is 30.7 Å². The van der Waals surface area contributed by atoms with Gasteiger partial charge in [-0.2, -0.15) is 0 Å². The van der Waals surface area contributed by atoms with Gasteiger partial charge in [-0.15, -0.1) is 0 Å². The fraction of sp³-hybridized carbons (Fsp3) is 0.429. The van der Waals surface area contributed by atoms with E-state index in [0.29, 0.717) is 5.75 Å². The second-order valence-electron chi connectivity index (χ2n) is 4.78. The Morgan fingerprint density at radius 3 is 2.53 bits per heavy atom. The first-order valence-electron chi connectivity index (χ1n) is 5.51. The Kier molecular flexibility index (Phi) is 2.34. The highest BCUT2D eigenvalue weighted by atomic mass is 16.3. The Balaban J connectivity index is 2.50. The molecule has 0 amide bonds. The summed E-state index contributed by atoms with van der Waals surface area (Å²) >= 11 is 0. The molecule has 1 aromatic rings. The molecular weight excluding hydrogens is 184 g/mol. The molecule has 0 saturated heterocycles. The van der Waals surface area contributed by atoms with E-state index in [1.807, 2.05) is 13.0 Å². The van der Waals surface area contributed by atoms with E-state index in [1.165, 1.54) is 5.57 Å². The van der Waals surface area contributed by atoms with Gasteiger partial charge in [0.2, 0.25) is 0 Å². The highest BCUT2D eigenvalue weighted by molar-refractivity contribution is 5.47. The second kappa shape index (κ2) is 3.41. The number of hydrogen-bond acceptors (Lipinski definition) is 1. The summed E-state index contributed by atoms with van der Waals surface area (Å²) in [7, 11) is 0. The van der Waals surface area contributed by atoms with Crippen LogP contribution >= 0.6 is 0 Å². The summed E-state index contributed by atoms with van der Waals surface area (Å²) < 4.78 is 0. The average molecular weight is 202 g/mol. The summed E-state index contributed by atoms with van der Waals surface area (Å²) in [6.07, 6.45) is 4.50. The first-order chi connectivity index (χ1) is 7.04. The van der Waals surface area contributed by atoms with Crippen molar-refractivity contribution in [1.82, 2.24) is 0 Å². The molecule has 0 radical (unpaired) electrons. The summed E-state index contributed by atoms with van der Waals surface area (Å²) in [4.78, 5) is 0. The Bertz CT molecular complexity index is 417. The summed E-state index contributed by atoms with van der Waals surface area (Å²) in [6.45, 7) is 6.38. The topological polar surface area (TPSA) is 20.2 Å². The Morgan fingerprint density at radius 1 is 1.27 bits per heavy atom. The molecule has 1 heteroatoms. The smallest absolute Gasteiger partial charge is 0.119 e. The van der Waals surface area contributed by atoms with Crippen LogP contribution in [0.3, 0.4) is 0 Å². The minimum Gasteiger partial charge on any atom is -0.508 e. The summed E-state index contributed by atoms with van der Waals surface area (Å²) in [5.41, 5.74) is 3.60. The van der Waals surface area contributed by atoms with Gasteiger partial charge in [-0.3, -0.25) is 0 Å². The Hall–Kier alpha value is -1.24. The molecule has 0 saturated carbocycles. The van der Waals surface area contributed by atoms with E-state index < -0.39 is 0 Å². The number of allylic oxidation sites excluding steroid dienone is 2. The third-order valence-corrected chi connectivity index (χ3v) is 3.71. The van der Waals surface area contributed by atoms with Gasteiger partial charge in [-0.25, -0.2) is 0 Å². The molecule has 0 bridgehead atoms. The molecule has 2 rings (SSSR count). The molecule has 0 heterocycles. The van der Waals surface area contributed by atoms with Crippen molar-refractivity contribution in [1.29, 1.82) is 0 Å². The molecule has 80 valence electrons. The van der Waals surface area contributed by atoms with Crippen LogP contribution in [0.2, 0.25) is 0 Å². The van der Waals surface area contributed by atoms with Gasteiger partial charge < -0.3 is 5.11 Å². The van der Waals surface area contributed by atoms with Gasteiger partial charge in [-0.05, 0) is 38.3 Å². The molecule has 0 aromatic heterocycles. The molecule has 1 unspecified atom stereocenters. The standard InChI is InChI=1S/C14H18O/c1-10-6-7-12(13(15)9-10)14(3)8-4-5-11(14)2/h5-7,9,15H,4,8H2,1-3H3. The maximum absolute atomic E-state index is 10.0. The average Bonchev–Trinajstić information content (AvgIpc) is 2.47. The van der Waals surface area contributed by atoms with E-state index in [9.17, 15) is 5.11 Å². The van der Waals surface area contributed by atoms with Crippen molar-refractivity contribution < 1.29 is 5.11 Å². The fourth-order valence-electron chi connectivity index (χ4n) is 2.46. The SMILES string of the molecule is CC1=CCCC1(C)c1ccc(C)cc1O. The number of rotatable bonds is 1. The van der Waals surface area contributed by atoms with Gasteiger partial charge in [0, 0.05) is 11.0 Å². The minimum absolute atomic E-state index is 0.0395. The predicted octanol–water partition coefficient (Wildman–Crippen LogP) is 3.70. The summed E-state index contributed by atoms with van der Waals surface area (Å²) in [5, 5.41) is 10.0. The molecule has 0 fully saturated rings. The van der Waals surface area contributed by atoms with Crippen LogP contribution in [0, 0.1) is 6.92 Å². The monoisotopic (exact) mass is 202 g/mol. The molecule has 1 atom stereocenters. The molecule has 1 N–H and O–H groups in total. The van der Waals surface area contributed by atoms with Gasteiger partial charge in [0.15, 0.2) is 0 Å². The molecule has 0 aliphatic heterocycles. The number of aromatic hydroxyl groups is 1. The third-order valence-electron chi connectivity index (χ3n) is 3.71. The van der Waals surface area contributed by atoms with Crippen LogP contribution in [0.5, 0.6) is 5.75 Å². The van der Waals surface area contributed by atoms with Crippen LogP contribution in [0.1, 0.15) is 37.8 Å². The van der Waals surface area contributed by atoms with Crippen LogP contribution in [-0.2, 0) is 5.41 Å². The van der Waals surface area contributed by atoms with Crippen molar-refractivity contribution in [3.05, 3.63) is 41.0 Å². The van der Waals surface area contributed by atoms with Gasteiger partial charge >= 0.3 is 0 Å². The van der Waals surface area contributed by atoms with E-state index in [0.717, 1.165) is 24.0 Å². The number of phenolic OH excluding ortho intramolecular Hbond substituents is 1. The molecule has 0 spiro atoms. The van der Waals surface area contributed by atoms with Crippen LogP contribution in [0.15, 0.2) is 29.8 Å². The lowest BCUT2D eigenvalue weighted by atomic mass is 9.76. The van der Waals surface area contributed by atoms with Crippen LogP contribution in [0.25, 0.3) is 0 Å². The van der Waals surface area contributed by atoms with E-state index in [2.05, 4.69) is 32.1 Å². The predicted molar refractivity (Wildman–Crippen MR) is 63.2 cm³/mol. The van der Waals surface area contributed by atoms with Crippen molar-refractivity contribution in [3.8, 4) is 5.75 Å². The zero-order valence-electron chi connectivity index (χ0n) is 9.67. The minimum atomic E-state index is 0.0395. The van der Waals surface area contributed by atoms with Crippen molar-refractivity contribution >= 4 is 0 Å². The molecule has 1 nitrogen and oxygen atoms in total. The van der Waals surface area contributed by atoms with Crippen molar-refractivity contribution in [2.75, 3.05) is 0 Å². The van der Waals surface area contributed by atoms with Crippen molar-refractivity contribution in [2.45, 2.75) is 39.0 Å². The summed E-state index contributed by atoms with van der Waals surface area (Å²) in [6, 6.07) is 5.99. The second-order valence-corrected chi connectivity index (χ2v) is 4.78. The number of aryl methyl sites for hydroxylation is 1. The fourth-order valence-corrected chi connectivity index (χ4v) is 2.46. The molecule has 1 aliphatic carbocycles. The highest BCUT2D eigenvalue weighted by Gasteiger charge is 2.33. The largest absolute Gasteiger partial charge is 0.508 e.